The van der Waals surface area contributed by atoms with E-state index in [1.807, 2.05) is 0 Å². The van der Waals surface area contributed by atoms with Crippen LogP contribution < -0.4 is 11.1 Å². The number of nitrogens with one attached hydrogen (secondary N) is 1. The van der Waals surface area contributed by atoms with Gasteiger partial charge in [-0.05, 0) is 12.3 Å². The van der Waals surface area contributed by atoms with Gasteiger partial charge in [0.25, 0.3) is 0 Å². The van der Waals surface area contributed by atoms with E-state index in [-0.39, 0.29) is 0 Å². The molecule has 0 aromatic carbocycles. The molecule has 5 heteroatoms. The molecule has 0 amide bonds. The number of aromatic nitrogens is 2. The van der Waals surface area contributed by atoms with E-state index in [1.54, 1.807) is 0 Å². The second-order valence-electron chi connectivity index (χ2n) is 4.64. The molecule has 94 valence electrons. The highest BCUT2D eigenvalue weighted by Gasteiger charge is 2.13. The third-order valence-electron chi connectivity index (χ3n) is 3.39. The highest BCUT2D eigenvalue weighted by molar-refractivity contribution is 6.35. The molecule has 2 rings (SSSR count). The van der Waals surface area contributed by atoms with Crippen molar-refractivity contribution in [1.82, 2.24) is 9.97 Å². The Hall–Kier alpha value is -1.03. The lowest BCUT2D eigenvalue weighted by Crippen LogP contribution is -2.13. The Morgan fingerprint density at radius 1 is 1.29 bits per heavy atom. The highest BCUT2D eigenvalue weighted by atomic mass is 35.5. The first-order valence-corrected chi connectivity index (χ1v) is 6.65. The molecule has 3 N–H and O–H groups in total. The van der Waals surface area contributed by atoms with Crippen molar-refractivity contribution in [2.75, 3.05) is 17.6 Å². The molecule has 17 heavy (non-hydrogen) atoms. The molecule has 0 unspecified atom stereocenters. The largest absolute Gasteiger partial charge is 0.382 e. The van der Waals surface area contributed by atoms with Gasteiger partial charge in [-0.2, -0.15) is 0 Å². The molecule has 4 nitrogen and oxygen atoms in total. The fourth-order valence-electron chi connectivity index (χ4n) is 2.38. The van der Waals surface area contributed by atoms with Crippen LogP contribution in [-0.4, -0.2) is 16.5 Å². The first kappa shape index (κ1) is 12.4. The maximum atomic E-state index is 6.00. The van der Waals surface area contributed by atoms with E-state index in [0.717, 1.165) is 12.5 Å². The number of hydrogen-bond donors (Lipinski definition) is 2. The van der Waals surface area contributed by atoms with Crippen LogP contribution in [0.3, 0.4) is 0 Å². The number of rotatable bonds is 4. The third-order valence-corrected chi connectivity index (χ3v) is 3.76. The van der Waals surface area contributed by atoms with Crippen LogP contribution in [0.4, 0.5) is 11.6 Å². The van der Waals surface area contributed by atoms with E-state index in [9.17, 15) is 0 Å². The summed E-state index contributed by atoms with van der Waals surface area (Å²) in [4.78, 5) is 7.92. The predicted octanol–water partition coefficient (Wildman–Crippen LogP) is 3.09. The molecule has 0 spiro atoms. The monoisotopic (exact) mass is 254 g/mol. The van der Waals surface area contributed by atoms with E-state index in [1.165, 1.54) is 44.9 Å². The van der Waals surface area contributed by atoms with Gasteiger partial charge >= 0.3 is 0 Å². The van der Waals surface area contributed by atoms with Crippen LogP contribution in [-0.2, 0) is 0 Å². The summed E-state index contributed by atoms with van der Waals surface area (Å²) in [6.45, 7) is 0.904. The molecule has 1 aliphatic carbocycles. The van der Waals surface area contributed by atoms with Crippen LogP contribution in [0, 0.1) is 5.92 Å². The first-order chi connectivity index (χ1) is 8.27. The first-order valence-electron chi connectivity index (χ1n) is 6.27. The molecule has 1 fully saturated rings. The quantitative estimate of drug-likeness (QED) is 0.867. The second-order valence-corrected chi connectivity index (χ2v) is 5.02. The van der Waals surface area contributed by atoms with Crippen molar-refractivity contribution in [2.24, 2.45) is 5.92 Å². The summed E-state index contributed by atoms with van der Waals surface area (Å²) in [7, 11) is 0. The summed E-state index contributed by atoms with van der Waals surface area (Å²) in [6, 6.07) is 0. The molecule has 0 atom stereocenters. The lowest BCUT2D eigenvalue weighted by atomic mass is 9.87. The van der Waals surface area contributed by atoms with Gasteiger partial charge in [-0.1, -0.05) is 43.7 Å². The van der Waals surface area contributed by atoms with Crippen LogP contribution >= 0.6 is 11.6 Å². The fourth-order valence-corrected chi connectivity index (χ4v) is 2.54. The standard InChI is InChI=1S/C12H19ClN4/c13-10-11(14)16-8-17-12(10)15-7-6-9-4-2-1-3-5-9/h8-9H,1-7H2,(H3,14,15,16,17). The van der Waals surface area contributed by atoms with E-state index >= 15 is 0 Å². The predicted molar refractivity (Wildman–Crippen MR) is 71.1 cm³/mol. The summed E-state index contributed by atoms with van der Waals surface area (Å²) in [5.74, 6) is 1.84. The molecular weight excluding hydrogens is 236 g/mol. The summed E-state index contributed by atoms with van der Waals surface area (Å²) < 4.78 is 0. The smallest absolute Gasteiger partial charge is 0.150 e. The van der Waals surface area contributed by atoms with Crippen molar-refractivity contribution in [3.63, 3.8) is 0 Å². The minimum Gasteiger partial charge on any atom is -0.382 e. The van der Waals surface area contributed by atoms with Gasteiger partial charge in [0.15, 0.2) is 0 Å². The second kappa shape index (κ2) is 6.05. The van der Waals surface area contributed by atoms with E-state index in [4.69, 9.17) is 17.3 Å². The van der Waals surface area contributed by atoms with E-state index < -0.39 is 0 Å². The molecule has 1 aromatic rings. The van der Waals surface area contributed by atoms with E-state index in [0.29, 0.717) is 16.7 Å². The molecule has 0 bridgehead atoms. The Kier molecular flexibility index (Phi) is 4.42. The Bertz CT molecular complexity index is 364. The van der Waals surface area contributed by atoms with Gasteiger partial charge < -0.3 is 11.1 Å². The summed E-state index contributed by atoms with van der Waals surface area (Å²) in [5, 5.41) is 3.66. The van der Waals surface area contributed by atoms with Crippen molar-refractivity contribution < 1.29 is 0 Å². The van der Waals surface area contributed by atoms with E-state index in [2.05, 4.69) is 15.3 Å². The summed E-state index contributed by atoms with van der Waals surface area (Å²) >= 11 is 6.00. The van der Waals surface area contributed by atoms with Crippen molar-refractivity contribution in [3.05, 3.63) is 11.3 Å². The highest BCUT2D eigenvalue weighted by Crippen LogP contribution is 2.27. The SMILES string of the molecule is Nc1ncnc(NCCC2CCCCC2)c1Cl. The molecule has 0 aliphatic heterocycles. The lowest BCUT2D eigenvalue weighted by molar-refractivity contribution is 0.345. The van der Waals surface area contributed by atoms with Gasteiger partial charge in [0.2, 0.25) is 0 Å². The average molecular weight is 255 g/mol. The van der Waals surface area contributed by atoms with Crippen LogP contribution in [0.1, 0.15) is 38.5 Å². The van der Waals surface area contributed by atoms with Crippen LogP contribution in [0.15, 0.2) is 6.33 Å². The maximum Gasteiger partial charge on any atom is 0.150 e. The number of nitrogens with two attached hydrogens (primary N) is 1. The molecule has 1 aromatic heterocycles. The average Bonchev–Trinajstić information content (AvgIpc) is 2.36. The van der Waals surface area contributed by atoms with Crippen LogP contribution in [0.25, 0.3) is 0 Å². The van der Waals surface area contributed by atoms with Gasteiger partial charge in [0.05, 0.1) is 0 Å². The molecule has 1 saturated carbocycles. The lowest BCUT2D eigenvalue weighted by Gasteiger charge is -2.21. The zero-order chi connectivity index (χ0) is 12.1. The summed E-state index contributed by atoms with van der Waals surface area (Å²) in [6.07, 6.45) is 9.50. The number of anilines is 2. The minimum absolute atomic E-state index is 0.335. The number of hydrogen-bond acceptors (Lipinski definition) is 4. The Morgan fingerprint density at radius 3 is 2.82 bits per heavy atom. The molecular formula is C12H19ClN4. The van der Waals surface area contributed by atoms with Crippen molar-refractivity contribution in [1.29, 1.82) is 0 Å². The number of nitrogen functional groups attached to an aromatic ring is 1. The zero-order valence-electron chi connectivity index (χ0n) is 9.95. The molecule has 0 radical (unpaired) electrons. The zero-order valence-corrected chi connectivity index (χ0v) is 10.7. The molecule has 1 heterocycles. The normalized spacial score (nSPS) is 17.0. The van der Waals surface area contributed by atoms with Gasteiger partial charge in [0, 0.05) is 6.54 Å². The van der Waals surface area contributed by atoms with Gasteiger partial charge in [-0.25, -0.2) is 9.97 Å². The Balaban J connectivity index is 1.79. The van der Waals surface area contributed by atoms with Crippen LogP contribution in [0.2, 0.25) is 5.02 Å². The number of halogens is 1. The molecule has 0 saturated heterocycles. The third kappa shape index (κ3) is 3.46. The minimum atomic E-state index is 0.335. The Morgan fingerprint density at radius 2 is 2.06 bits per heavy atom. The van der Waals surface area contributed by atoms with Crippen molar-refractivity contribution in [3.8, 4) is 0 Å². The number of nitrogens with zero attached hydrogens (tertiary/aromatic N) is 2. The fraction of sp³-hybridized carbons (Fsp3) is 0.667. The van der Waals surface area contributed by atoms with Crippen molar-refractivity contribution in [2.45, 2.75) is 38.5 Å². The Labute approximate surface area is 107 Å². The summed E-state index contributed by atoms with van der Waals surface area (Å²) in [5.41, 5.74) is 5.61. The van der Waals surface area contributed by atoms with Crippen LogP contribution in [0.5, 0.6) is 0 Å². The molecule has 1 aliphatic rings. The maximum absolute atomic E-state index is 6.00. The van der Waals surface area contributed by atoms with Gasteiger partial charge in [0.1, 0.15) is 23.0 Å². The van der Waals surface area contributed by atoms with Crippen molar-refractivity contribution >= 4 is 23.2 Å². The topological polar surface area (TPSA) is 63.8 Å². The van der Waals surface area contributed by atoms with Gasteiger partial charge in [-0.3, -0.25) is 0 Å². The van der Waals surface area contributed by atoms with Gasteiger partial charge in [-0.15, -0.1) is 0 Å².